The van der Waals surface area contributed by atoms with Crippen LogP contribution in [0.15, 0.2) is 59.8 Å². The van der Waals surface area contributed by atoms with E-state index in [-0.39, 0.29) is 17.4 Å². The molecule has 0 saturated carbocycles. The lowest BCUT2D eigenvalue weighted by Gasteiger charge is -2.27. The van der Waals surface area contributed by atoms with Gasteiger partial charge in [-0.3, -0.25) is 14.2 Å². The summed E-state index contributed by atoms with van der Waals surface area (Å²) in [6.45, 7) is 5.70. The Labute approximate surface area is 191 Å². The van der Waals surface area contributed by atoms with Gasteiger partial charge in [0.1, 0.15) is 0 Å². The molecule has 1 saturated heterocycles. The van der Waals surface area contributed by atoms with Gasteiger partial charge in [-0.25, -0.2) is 0 Å². The zero-order valence-electron chi connectivity index (χ0n) is 17.9. The summed E-state index contributed by atoms with van der Waals surface area (Å²) >= 11 is 1.38. The summed E-state index contributed by atoms with van der Waals surface area (Å²) in [6, 6.07) is 15.9. The predicted molar refractivity (Wildman–Crippen MR) is 125 cm³/mol. The van der Waals surface area contributed by atoms with Crippen molar-refractivity contribution in [3.63, 3.8) is 0 Å². The Balaban J connectivity index is 1.35. The van der Waals surface area contributed by atoms with E-state index < -0.39 is 0 Å². The molecule has 3 aromatic rings. The molecule has 8 nitrogen and oxygen atoms in total. The molecule has 0 spiro atoms. The van der Waals surface area contributed by atoms with Gasteiger partial charge in [0.05, 0.1) is 19.0 Å². The Kier molecular flexibility index (Phi) is 7.18. The van der Waals surface area contributed by atoms with Gasteiger partial charge in [0.15, 0.2) is 10.9 Å². The van der Waals surface area contributed by atoms with Crippen molar-refractivity contribution in [2.45, 2.75) is 18.6 Å². The minimum Gasteiger partial charge on any atom is -0.378 e. The number of anilines is 2. The van der Waals surface area contributed by atoms with Crippen LogP contribution >= 0.6 is 11.8 Å². The molecule has 0 atom stereocenters. The highest BCUT2D eigenvalue weighted by atomic mass is 32.2. The van der Waals surface area contributed by atoms with Crippen LogP contribution in [-0.4, -0.2) is 58.5 Å². The van der Waals surface area contributed by atoms with E-state index >= 15 is 0 Å². The summed E-state index contributed by atoms with van der Waals surface area (Å²) in [5.41, 5.74) is 1.82. The molecule has 1 fully saturated rings. The molecule has 0 bridgehead atoms. The number of carbonyl (C=O) groups is 2. The van der Waals surface area contributed by atoms with Gasteiger partial charge in [-0.1, -0.05) is 30.0 Å². The number of nitrogens with one attached hydrogen (secondary N) is 1. The Bertz CT molecular complexity index is 1060. The number of aromatic nitrogens is 3. The third-order valence-electron chi connectivity index (χ3n) is 5.14. The first kappa shape index (κ1) is 22.0. The monoisotopic (exact) mass is 451 g/mol. The molecule has 166 valence electrons. The highest BCUT2D eigenvalue weighted by molar-refractivity contribution is 7.99. The average Bonchev–Trinajstić information content (AvgIpc) is 3.27. The minimum absolute atomic E-state index is 0.00508. The molecule has 9 heteroatoms. The number of benzene rings is 2. The summed E-state index contributed by atoms with van der Waals surface area (Å²) in [6.07, 6.45) is 0. The smallest absolute Gasteiger partial charge is 0.255 e. The first-order chi connectivity index (χ1) is 15.7. The molecule has 0 unspecified atom stereocenters. The fourth-order valence-electron chi connectivity index (χ4n) is 3.41. The normalized spacial score (nSPS) is 13.7. The number of Topliss-reactive ketones (excluding diaryl/α,β-unsaturated/α-hetero) is 1. The second-order valence-electron chi connectivity index (χ2n) is 7.24. The van der Waals surface area contributed by atoms with Crippen LogP contribution in [0.1, 0.15) is 27.6 Å². The number of morpholine rings is 1. The van der Waals surface area contributed by atoms with E-state index in [0.717, 1.165) is 30.7 Å². The molecule has 4 rings (SSSR count). The summed E-state index contributed by atoms with van der Waals surface area (Å²) in [4.78, 5) is 27.1. The maximum absolute atomic E-state index is 12.7. The SMILES string of the molecule is CCn1c(SCC(=O)c2ccc(NC(=O)c3ccccc3)cc2)nnc1N1CCOCC1. The van der Waals surface area contributed by atoms with E-state index in [4.69, 9.17) is 4.74 Å². The molecule has 2 aromatic carbocycles. The number of thioether (sulfide) groups is 1. The van der Waals surface area contributed by atoms with Crippen LogP contribution in [-0.2, 0) is 11.3 Å². The lowest BCUT2D eigenvalue weighted by atomic mass is 10.1. The van der Waals surface area contributed by atoms with Crippen molar-refractivity contribution in [3.8, 4) is 0 Å². The fourth-order valence-corrected chi connectivity index (χ4v) is 4.30. The van der Waals surface area contributed by atoms with E-state index in [1.165, 1.54) is 11.8 Å². The fraction of sp³-hybridized carbons (Fsp3) is 0.304. The van der Waals surface area contributed by atoms with Crippen LogP contribution < -0.4 is 10.2 Å². The van der Waals surface area contributed by atoms with Gasteiger partial charge in [-0.05, 0) is 43.3 Å². The maximum Gasteiger partial charge on any atom is 0.255 e. The van der Waals surface area contributed by atoms with Gasteiger partial charge in [0.2, 0.25) is 5.95 Å². The van der Waals surface area contributed by atoms with Gasteiger partial charge in [-0.2, -0.15) is 0 Å². The van der Waals surface area contributed by atoms with Crippen LogP contribution in [0, 0.1) is 0 Å². The molecular weight excluding hydrogens is 426 g/mol. The molecule has 1 N–H and O–H groups in total. The number of hydrogen-bond donors (Lipinski definition) is 1. The Morgan fingerprint density at radius 2 is 1.72 bits per heavy atom. The maximum atomic E-state index is 12.7. The van der Waals surface area contributed by atoms with Crippen molar-refractivity contribution >= 4 is 35.1 Å². The van der Waals surface area contributed by atoms with Crippen molar-refractivity contribution in [2.75, 3.05) is 42.3 Å². The number of ether oxygens (including phenoxy) is 1. The number of ketones is 1. The molecule has 2 heterocycles. The van der Waals surface area contributed by atoms with Crippen molar-refractivity contribution in [1.29, 1.82) is 0 Å². The second-order valence-corrected chi connectivity index (χ2v) is 8.18. The van der Waals surface area contributed by atoms with E-state index in [9.17, 15) is 9.59 Å². The molecule has 1 amide bonds. The summed E-state index contributed by atoms with van der Waals surface area (Å²) < 4.78 is 7.44. The lowest BCUT2D eigenvalue weighted by Crippen LogP contribution is -2.38. The lowest BCUT2D eigenvalue weighted by molar-refractivity contribution is 0.101. The first-order valence-corrected chi connectivity index (χ1v) is 11.5. The van der Waals surface area contributed by atoms with Crippen LogP contribution in [0.25, 0.3) is 0 Å². The zero-order chi connectivity index (χ0) is 22.3. The second kappa shape index (κ2) is 10.4. The molecule has 1 aliphatic heterocycles. The average molecular weight is 452 g/mol. The minimum atomic E-state index is -0.185. The molecule has 32 heavy (non-hydrogen) atoms. The standard InChI is InChI=1S/C23H25N5O3S/c1-2-28-22(27-12-14-31-15-13-27)25-26-23(28)32-16-20(29)17-8-10-19(11-9-17)24-21(30)18-6-4-3-5-7-18/h3-11H,2,12-16H2,1H3,(H,24,30). The number of carbonyl (C=O) groups excluding carboxylic acids is 2. The molecule has 1 aromatic heterocycles. The highest BCUT2D eigenvalue weighted by Crippen LogP contribution is 2.24. The summed E-state index contributed by atoms with van der Waals surface area (Å²) in [7, 11) is 0. The third-order valence-corrected chi connectivity index (χ3v) is 6.11. The van der Waals surface area contributed by atoms with E-state index in [0.29, 0.717) is 30.0 Å². The van der Waals surface area contributed by atoms with Crippen LogP contribution in [0.2, 0.25) is 0 Å². The zero-order valence-corrected chi connectivity index (χ0v) is 18.7. The predicted octanol–water partition coefficient (Wildman–Crippen LogP) is 3.36. The topological polar surface area (TPSA) is 89.3 Å². The van der Waals surface area contributed by atoms with Gasteiger partial charge in [0, 0.05) is 36.4 Å². The van der Waals surface area contributed by atoms with Crippen molar-refractivity contribution < 1.29 is 14.3 Å². The van der Waals surface area contributed by atoms with Crippen molar-refractivity contribution in [3.05, 3.63) is 65.7 Å². The highest BCUT2D eigenvalue weighted by Gasteiger charge is 2.20. The summed E-state index contributed by atoms with van der Waals surface area (Å²) in [5, 5.41) is 12.2. The number of amides is 1. The Morgan fingerprint density at radius 1 is 1.00 bits per heavy atom. The van der Waals surface area contributed by atoms with Gasteiger partial charge in [0.25, 0.3) is 5.91 Å². The Morgan fingerprint density at radius 3 is 2.41 bits per heavy atom. The van der Waals surface area contributed by atoms with Crippen molar-refractivity contribution in [1.82, 2.24) is 14.8 Å². The van der Waals surface area contributed by atoms with E-state index in [1.54, 1.807) is 36.4 Å². The molecule has 1 aliphatic rings. The van der Waals surface area contributed by atoms with Crippen LogP contribution in [0.3, 0.4) is 0 Å². The molecule has 0 aliphatic carbocycles. The van der Waals surface area contributed by atoms with Crippen molar-refractivity contribution in [2.24, 2.45) is 0 Å². The van der Waals surface area contributed by atoms with Crippen LogP contribution in [0.5, 0.6) is 0 Å². The number of hydrogen-bond acceptors (Lipinski definition) is 7. The number of rotatable bonds is 8. The van der Waals surface area contributed by atoms with Crippen LogP contribution in [0.4, 0.5) is 11.6 Å². The molecule has 0 radical (unpaired) electrons. The van der Waals surface area contributed by atoms with E-state index in [1.807, 2.05) is 29.7 Å². The largest absolute Gasteiger partial charge is 0.378 e. The first-order valence-electron chi connectivity index (χ1n) is 10.5. The van der Waals surface area contributed by atoms with Gasteiger partial charge >= 0.3 is 0 Å². The van der Waals surface area contributed by atoms with Gasteiger partial charge < -0.3 is 15.0 Å². The van der Waals surface area contributed by atoms with Gasteiger partial charge in [-0.15, -0.1) is 10.2 Å². The van der Waals surface area contributed by atoms with E-state index in [2.05, 4.69) is 20.4 Å². The summed E-state index contributed by atoms with van der Waals surface area (Å²) in [5.74, 6) is 0.894. The number of nitrogens with zero attached hydrogens (tertiary/aromatic N) is 4. The quantitative estimate of drug-likeness (QED) is 0.415. The third kappa shape index (κ3) is 5.17. The molecular formula is C23H25N5O3S. The Hall–Kier alpha value is -3.17.